The summed E-state index contributed by atoms with van der Waals surface area (Å²) in [4.78, 5) is 13.8. The fourth-order valence-corrected chi connectivity index (χ4v) is 2.16. The zero-order valence-corrected chi connectivity index (χ0v) is 11.7. The standard InChI is InChI=1S/C14H26N2O2/c1-4-10-16(12(2)3)14(17)7-11-18-13-5-8-15-9-6-13/h4,12-13,15H,1,5-11H2,2-3H3. The molecule has 0 spiro atoms. The van der Waals surface area contributed by atoms with Crippen molar-refractivity contribution < 1.29 is 9.53 Å². The SMILES string of the molecule is C=CCN(C(=O)CCOC1CCNCC1)C(C)C. The van der Waals surface area contributed by atoms with Crippen LogP contribution in [0.25, 0.3) is 0 Å². The summed E-state index contributed by atoms with van der Waals surface area (Å²) in [6.45, 7) is 10.9. The molecule has 1 heterocycles. The second kappa shape index (κ2) is 8.27. The molecule has 104 valence electrons. The van der Waals surface area contributed by atoms with Crippen molar-refractivity contribution in [2.45, 2.75) is 45.3 Å². The van der Waals surface area contributed by atoms with E-state index in [2.05, 4.69) is 11.9 Å². The monoisotopic (exact) mass is 254 g/mol. The van der Waals surface area contributed by atoms with Crippen LogP contribution in [0.1, 0.15) is 33.1 Å². The van der Waals surface area contributed by atoms with Crippen molar-refractivity contribution in [2.24, 2.45) is 0 Å². The molecule has 0 aromatic rings. The summed E-state index contributed by atoms with van der Waals surface area (Å²) in [5.41, 5.74) is 0. The number of amides is 1. The van der Waals surface area contributed by atoms with Crippen LogP contribution in [0.2, 0.25) is 0 Å². The normalized spacial score (nSPS) is 16.8. The number of carbonyl (C=O) groups is 1. The lowest BCUT2D eigenvalue weighted by Gasteiger charge is -2.26. The third-order valence-electron chi connectivity index (χ3n) is 3.23. The topological polar surface area (TPSA) is 41.6 Å². The molecule has 0 aliphatic carbocycles. The molecule has 1 rings (SSSR count). The first-order valence-electron chi connectivity index (χ1n) is 6.87. The average molecular weight is 254 g/mol. The van der Waals surface area contributed by atoms with Gasteiger partial charge in [-0.15, -0.1) is 6.58 Å². The third kappa shape index (κ3) is 5.19. The molecule has 0 aromatic carbocycles. The number of piperidine rings is 1. The van der Waals surface area contributed by atoms with Gasteiger partial charge in [0.2, 0.25) is 5.91 Å². The van der Waals surface area contributed by atoms with Gasteiger partial charge in [-0.1, -0.05) is 6.08 Å². The quantitative estimate of drug-likeness (QED) is 0.701. The molecule has 4 nitrogen and oxygen atoms in total. The highest BCUT2D eigenvalue weighted by atomic mass is 16.5. The van der Waals surface area contributed by atoms with Crippen LogP contribution in [0.4, 0.5) is 0 Å². The van der Waals surface area contributed by atoms with E-state index in [0.717, 1.165) is 25.9 Å². The van der Waals surface area contributed by atoms with Crippen LogP contribution < -0.4 is 5.32 Å². The van der Waals surface area contributed by atoms with Gasteiger partial charge in [0.15, 0.2) is 0 Å². The van der Waals surface area contributed by atoms with Crippen molar-refractivity contribution in [1.29, 1.82) is 0 Å². The van der Waals surface area contributed by atoms with Gasteiger partial charge in [-0.2, -0.15) is 0 Å². The van der Waals surface area contributed by atoms with E-state index in [1.807, 2.05) is 18.7 Å². The van der Waals surface area contributed by atoms with Crippen LogP contribution in [-0.4, -0.2) is 49.2 Å². The highest BCUT2D eigenvalue weighted by Gasteiger charge is 2.17. The minimum absolute atomic E-state index is 0.152. The van der Waals surface area contributed by atoms with Crippen molar-refractivity contribution >= 4 is 5.91 Å². The van der Waals surface area contributed by atoms with Crippen molar-refractivity contribution in [3.63, 3.8) is 0 Å². The van der Waals surface area contributed by atoms with E-state index in [0.29, 0.717) is 25.7 Å². The minimum atomic E-state index is 0.152. The van der Waals surface area contributed by atoms with Gasteiger partial charge in [0.25, 0.3) is 0 Å². The molecule has 0 radical (unpaired) electrons. The Morgan fingerprint density at radius 2 is 2.17 bits per heavy atom. The summed E-state index contributed by atoms with van der Waals surface area (Å²) < 4.78 is 5.75. The smallest absolute Gasteiger partial charge is 0.225 e. The first kappa shape index (κ1) is 15.2. The second-order valence-electron chi connectivity index (χ2n) is 5.00. The van der Waals surface area contributed by atoms with Crippen LogP contribution >= 0.6 is 0 Å². The number of hydrogen-bond acceptors (Lipinski definition) is 3. The van der Waals surface area contributed by atoms with Crippen molar-refractivity contribution in [3.05, 3.63) is 12.7 Å². The van der Waals surface area contributed by atoms with Gasteiger partial charge in [-0.25, -0.2) is 0 Å². The summed E-state index contributed by atoms with van der Waals surface area (Å²) in [6, 6.07) is 0.217. The van der Waals surface area contributed by atoms with E-state index < -0.39 is 0 Å². The average Bonchev–Trinajstić information content (AvgIpc) is 2.36. The number of nitrogens with zero attached hydrogens (tertiary/aromatic N) is 1. The Hall–Kier alpha value is -0.870. The number of carbonyl (C=O) groups excluding carboxylic acids is 1. The highest BCUT2D eigenvalue weighted by molar-refractivity contribution is 5.76. The zero-order chi connectivity index (χ0) is 13.4. The van der Waals surface area contributed by atoms with Crippen LogP contribution in [0.5, 0.6) is 0 Å². The second-order valence-corrected chi connectivity index (χ2v) is 5.00. The Balaban J connectivity index is 2.23. The van der Waals surface area contributed by atoms with E-state index in [-0.39, 0.29) is 11.9 Å². The molecule has 0 unspecified atom stereocenters. The van der Waals surface area contributed by atoms with Crippen LogP contribution in [-0.2, 0) is 9.53 Å². The van der Waals surface area contributed by atoms with Crippen molar-refractivity contribution in [3.8, 4) is 0 Å². The van der Waals surface area contributed by atoms with Crippen LogP contribution in [0.15, 0.2) is 12.7 Å². The van der Waals surface area contributed by atoms with E-state index >= 15 is 0 Å². The van der Waals surface area contributed by atoms with Gasteiger partial charge in [-0.3, -0.25) is 4.79 Å². The number of nitrogens with one attached hydrogen (secondary N) is 1. The minimum Gasteiger partial charge on any atom is -0.378 e. The maximum absolute atomic E-state index is 12.0. The molecule has 0 bridgehead atoms. The zero-order valence-electron chi connectivity index (χ0n) is 11.7. The first-order chi connectivity index (χ1) is 8.65. The Morgan fingerprint density at radius 3 is 2.72 bits per heavy atom. The molecule has 1 fully saturated rings. The lowest BCUT2D eigenvalue weighted by atomic mass is 10.1. The molecule has 1 saturated heterocycles. The van der Waals surface area contributed by atoms with Gasteiger partial charge in [-0.05, 0) is 39.8 Å². The summed E-state index contributed by atoms with van der Waals surface area (Å²) in [5.74, 6) is 0.152. The molecular formula is C14H26N2O2. The lowest BCUT2D eigenvalue weighted by molar-refractivity contribution is -0.134. The van der Waals surface area contributed by atoms with Crippen LogP contribution in [0, 0.1) is 0 Å². The molecule has 1 amide bonds. The van der Waals surface area contributed by atoms with E-state index in [4.69, 9.17) is 4.74 Å². The van der Waals surface area contributed by atoms with Gasteiger partial charge in [0.05, 0.1) is 19.1 Å². The molecule has 0 saturated carbocycles. The Kier molecular flexibility index (Phi) is 6.98. The van der Waals surface area contributed by atoms with E-state index in [1.165, 1.54) is 0 Å². The van der Waals surface area contributed by atoms with Gasteiger partial charge < -0.3 is 15.0 Å². The predicted octanol–water partition coefficient (Wildman–Crippen LogP) is 1.57. The molecule has 0 aromatic heterocycles. The molecule has 0 atom stereocenters. The lowest BCUT2D eigenvalue weighted by Crippen LogP contribution is -2.38. The van der Waals surface area contributed by atoms with Crippen molar-refractivity contribution in [1.82, 2.24) is 10.2 Å². The van der Waals surface area contributed by atoms with Gasteiger partial charge in [0.1, 0.15) is 0 Å². The first-order valence-corrected chi connectivity index (χ1v) is 6.87. The molecule has 1 aliphatic heterocycles. The summed E-state index contributed by atoms with van der Waals surface area (Å²) in [7, 11) is 0. The molecule has 1 N–H and O–H groups in total. The predicted molar refractivity (Wildman–Crippen MR) is 73.5 cm³/mol. The molecule has 4 heteroatoms. The maximum atomic E-state index is 12.0. The number of rotatable bonds is 7. The number of hydrogen-bond donors (Lipinski definition) is 1. The van der Waals surface area contributed by atoms with E-state index in [9.17, 15) is 4.79 Å². The third-order valence-corrected chi connectivity index (χ3v) is 3.23. The highest BCUT2D eigenvalue weighted by Crippen LogP contribution is 2.08. The van der Waals surface area contributed by atoms with E-state index in [1.54, 1.807) is 6.08 Å². The fraction of sp³-hybridized carbons (Fsp3) is 0.786. The Bertz CT molecular complexity index is 261. The number of ether oxygens (including phenoxy) is 1. The Morgan fingerprint density at radius 1 is 1.50 bits per heavy atom. The molecule has 18 heavy (non-hydrogen) atoms. The Labute approximate surface area is 110 Å². The van der Waals surface area contributed by atoms with Crippen LogP contribution in [0.3, 0.4) is 0 Å². The maximum Gasteiger partial charge on any atom is 0.225 e. The fourth-order valence-electron chi connectivity index (χ4n) is 2.16. The van der Waals surface area contributed by atoms with Crippen molar-refractivity contribution in [2.75, 3.05) is 26.2 Å². The van der Waals surface area contributed by atoms with Gasteiger partial charge >= 0.3 is 0 Å². The van der Waals surface area contributed by atoms with Gasteiger partial charge in [0, 0.05) is 12.6 Å². The largest absolute Gasteiger partial charge is 0.378 e. The summed E-state index contributed by atoms with van der Waals surface area (Å²) in [6.07, 6.45) is 4.66. The summed E-state index contributed by atoms with van der Waals surface area (Å²) >= 11 is 0. The molecule has 1 aliphatic rings. The summed E-state index contributed by atoms with van der Waals surface area (Å²) in [5, 5.41) is 3.30. The molecular weight excluding hydrogens is 228 g/mol.